The summed E-state index contributed by atoms with van der Waals surface area (Å²) in [4.78, 5) is 20.6. The molecule has 0 aliphatic carbocycles. The van der Waals surface area contributed by atoms with Gasteiger partial charge in [-0.3, -0.25) is 0 Å². The average Bonchev–Trinajstić information content (AvgIpc) is 2.86. The minimum atomic E-state index is -3.01. The molecule has 118 valence electrons. The fourth-order valence-electron chi connectivity index (χ4n) is 2.31. The van der Waals surface area contributed by atoms with E-state index in [1.165, 1.54) is 17.0 Å². The second-order valence-corrected chi connectivity index (χ2v) is 7.45. The van der Waals surface area contributed by atoms with Crippen LogP contribution in [0.5, 0.6) is 0 Å². The Hall–Kier alpha value is -2.16. The van der Waals surface area contributed by atoms with E-state index < -0.39 is 9.84 Å². The molecule has 1 fully saturated rings. The molecule has 1 aromatic heterocycles. The molecule has 2 heterocycles. The predicted molar refractivity (Wildman–Crippen MR) is 78.5 cm³/mol. The number of H-pyrrole nitrogens is 1. The largest absolute Gasteiger partial charge is 0.340 e. The molecule has 22 heavy (non-hydrogen) atoms. The molecule has 2 N–H and O–H groups in total. The number of carbonyl (C=O) groups excluding carboxylic acids is 1. The standard InChI is InChI=1S/C13H15FN4O3S/c14-9-1-2-10-11(7-9)17-12(16-10)8-15-13(19)18-3-5-22(20,21)6-4-18/h1-2,7H,3-6,8H2,(H,15,19)(H,16,17). The SMILES string of the molecule is O=C(NCc1nc2ccc(F)cc2[nH]1)N1CCS(=O)(=O)CC1. The summed E-state index contributed by atoms with van der Waals surface area (Å²) in [7, 11) is -3.01. The second kappa shape index (κ2) is 5.56. The van der Waals surface area contributed by atoms with Gasteiger partial charge in [0.05, 0.1) is 29.1 Å². The van der Waals surface area contributed by atoms with Crippen LogP contribution < -0.4 is 5.32 Å². The third kappa shape index (κ3) is 3.19. The lowest BCUT2D eigenvalue weighted by Gasteiger charge is -2.26. The molecule has 0 spiro atoms. The quantitative estimate of drug-likeness (QED) is 0.847. The van der Waals surface area contributed by atoms with Crippen molar-refractivity contribution in [2.75, 3.05) is 24.6 Å². The average molecular weight is 326 g/mol. The smallest absolute Gasteiger partial charge is 0.317 e. The number of urea groups is 1. The highest BCUT2D eigenvalue weighted by atomic mass is 32.2. The molecule has 0 saturated carbocycles. The van der Waals surface area contributed by atoms with E-state index in [1.807, 2.05) is 0 Å². The topological polar surface area (TPSA) is 95.2 Å². The highest BCUT2D eigenvalue weighted by Gasteiger charge is 2.24. The summed E-state index contributed by atoms with van der Waals surface area (Å²) in [6.45, 7) is 0.553. The van der Waals surface area contributed by atoms with Gasteiger partial charge in [-0.15, -0.1) is 0 Å². The number of amides is 2. The first kappa shape index (κ1) is 14.8. The van der Waals surface area contributed by atoms with Gasteiger partial charge in [-0.05, 0) is 18.2 Å². The Morgan fingerprint density at radius 2 is 2.09 bits per heavy atom. The zero-order chi connectivity index (χ0) is 15.7. The van der Waals surface area contributed by atoms with Crippen LogP contribution in [0.2, 0.25) is 0 Å². The molecule has 2 aromatic rings. The molecular formula is C13H15FN4O3S. The maximum atomic E-state index is 13.1. The van der Waals surface area contributed by atoms with Gasteiger partial charge in [0.25, 0.3) is 0 Å². The van der Waals surface area contributed by atoms with Crippen LogP contribution in [0.15, 0.2) is 18.2 Å². The van der Waals surface area contributed by atoms with Gasteiger partial charge in [0, 0.05) is 13.1 Å². The Bertz CT molecular complexity index is 804. The number of benzene rings is 1. The lowest BCUT2D eigenvalue weighted by atomic mass is 10.3. The number of aromatic nitrogens is 2. The molecule has 7 nitrogen and oxygen atoms in total. The Kier molecular flexibility index (Phi) is 3.73. The second-order valence-electron chi connectivity index (χ2n) is 5.14. The van der Waals surface area contributed by atoms with Crippen molar-refractivity contribution in [1.29, 1.82) is 0 Å². The van der Waals surface area contributed by atoms with Crippen molar-refractivity contribution < 1.29 is 17.6 Å². The van der Waals surface area contributed by atoms with Crippen molar-refractivity contribution in [3.8, 4) is 0 Å². The molecule has 0 atom stereocenters. The van der Waals surface area contributed by atoms with Gasteiger partial charge in [0.2, 0.25) is 0 Å². The Balaban J connectivity index is 1.60. The molecule has 0 radical (unpaired) electrons. The number of carbonyl (C=O) groups is 1. The van der Waals surface area contributed by atoms with E-state index in [0.717, 1.165) is 0 Å². The van der Waals surface area contributed by atoms with Gasteiger partial charge in [-0.2, -0.15) is 0 Å². The van der Waals surface area contributed by atoms with E-state index in [0.29, 0.717) is 16.9 Å². The highest BCUT2D eigenvalue weighted by Crippen LogP contribution is 2.13. The third-order valence-electron chi connectivity index (χ3n) is 3.53. The molecule has 2 amide bonds. The van der Waals surface area contributed by atoms with Gasteiger partial charge >= 0.3 is 6.03 Å². The van der Waals surface area contributed by atoms with Crippen LogP contribution in [0.3, 0.4) is 0 Å². The summed E-state index contributed by atoms with van der Waals surface area (Å²) in [6, 6.07) is 3.88. The molecule has 1 aliphatic rings. The van der Waals surface area contributed by atoms with Crippen LogP contribution in [0.25, 0.3) is 11.0 Å². The molecule has 9 heteroatoms. The normalized spacial score (nSPS) is 17.6. The van der Waals surface area contributed by atoms with Gasteiger partial charge in [-0.1, -0.05) is 0 Å². The van der Waals surface area contributed by atoms with Crippen LogP contribution in [0.4, 0.5) is 9.18 Å². The van der Waals surface area contributed by atoms with E-state index in [-0.39, 0.29) is 43.0 Å². The summed E-state index contributed by atoms with van der Waals surface area (Å²) in [5.74, 6) is 0.133. The summed E-state index contributed by atoms with van der Waals surface area (Å²) in [5, 5.41) is 2.68. The zero-order valence-electron chi connectivity index (χ0n) is 11.7. The van der Waals surface area contributed by atoms with Crippen LogP contribution >= 0.6 is 0 Å². The molecule has 0 unspecified atom stereocenters. The number of sulfone groups is 1. The van der Waals surface area contributed by atoms with Gasteiger partial charge < -0.3 is 15.2 Å². The monoisotopic (exact) mass is 326 g/mol. The van der Waals surface area contributed by atoms with Crippen molar-refractivity contribution in [1.82, 2.24) is 20.2 Å². The van der Waals surface area contributed by atoms with Crippen molar-refractivity contribution in [2.24, 2.45) is 0 Å². The van der Waals surface area contributed by atoms with Crippen molar-refractivity contribution in [3.63, 3.8) is 0 Å². The van der Waals surface area contributed by atoms with Gasteiger partial charge in [0.1, 0.15) is 11.6 Å². The number of halogens is 1. The van der Waals surface area contributed by atoms with Crippen LogP contribution in [-0.2, 0) is 16.4 Å². The van der Waals surface area contributed by atoms with Gasteiger partial charge in [-0.25, -0.2) is 22.6 Å². The van der Waals surface area contributed by atoms with Crippen molar-refractivity contribution in [3.05, 3.63) is 29.8 Å². The maximum absolute atomic E-state index is 13.1. The van der Waals surface area contributed by atoms with Crippen molar-refractivity contribution in [2.45, 2.75) is 6.54 Å². The fraction of sp³-hybridized carbons (Fsp3) is 0.385. The molecule has 1 aromatic carbocycles. The third-order valence-corrected chi connectivity index (χ3v) is 5.14. The number of fused-ring (bicyclic) bond motifs is 1. The number of imidazole rings is 1. The Morgan fingerprint density at radius 1 is 1.36 bits per heavy atom. The lowest BCUT2D eigenvalue weighted by molar-refractivity contribution is 0.201. The first-order chi connectivity index (χ1) is 10.4. The summed E-state index contributed by atoms with van der Waals surface area (Å²) < 4.78 is 35.7. The Morgan fingerprint density at radius 3 is 2.82 bits per heavy atom. The number of hydrogen-bond donors (Lipinski definition) is 2. The van der Waals surface area contributed by atoms with E-state index in [2.05, 4.69) is 15.3 Å². The molecule has 1 aliphatic heterocycles. The van der Waals surface area contributed by atoms with Crippen molar-refractivity contribution >= 4 is 26.9 Å². The Labute approximate surface area is 126 Å². The number of hydrogen-bond acceptors (Lipinski definition) is 4. The number of nitrogens with zero attached hydrogens (tertiary/aromatic N) is 2. The maximum Gasteiger partial charge on any atom is 0.317 e. The first-order valence-corrected chi connectivity index (χ1v) is 8.62. The molecular weight excluding hydrogens is 311 g/mol. The molecule has 3 rings (SSSR count). The minimum absolute atomic E-state index is 0.00959. The zero-order valence-corrected chi connectivity index (χ0v) is 12.5. The van der Waals surface area contributed by atoms with Crippen LogP contribution in [0.1, 0.15) is 5.82 Å². The number of rotatable bonds is 2. The molecule has 0 bridgehead atoms. The summed E-state index contributed by atoms with van der Waals surface area (Å²) >= 11 is 0. The first-order valence-electron chi connectivity index (χ1n) is 6.80. The highest BCUT2D eigenvalue weighted by molar-refractivity contribution is 7.91. The minimum Gasteiger partial charge on any atom is -0.340 e. The fourth-order valence-corrected chi connectivity index (χ4v) is 3.51. The lowest BCUT2D eigenvalue weighted by Crippen LogP contribution is -2.48. The van der Waals surface area contributed by atoms with E-state index in [1.54, 1.807) is 6.07 Å². The predicted octanol–water partition coefficient (Wildman–Crippen LogP) is 0.642. The van der Waals surface area contributed by atoms with Crippen LogP contribution in [-0.4, -0.2) is 53.9 Å². The number of aromatic amines is 1. The van der Waals surface area contributed by atoms with E-state index in [4.69, 9.17) is 0 Å². The van der Waals surface area contributed by atoms with E-state index in [9.17, 15) is 17.6 Å². The summed E-state index contributed by atoms with van der Waals surface area (Å²) in [5.41, 5.74) is 1.18. The molecule has 1 saturated heterocycles. The van der Waals surface area contributed by atoms with E-state index >= 15 is 0 Å². The van der Waals surface area contributed by atoms with Gasteiger partial charge in [0.15, 0.2) is 9.84 Å². The van der Waals surface area contributed by atoms with Crippen LogP contribution in [0, 0.1) is 5.82 Å². The summed E-state index contributed by atoms with van der Waals surface area (Å²) in [6.07, 6.45) is 0. The number of nitrogens with one attached hydrogen (secondary N) is 2.